The first kappa shape index (κ1) is 10.7. The fourth-order valence-electron chi connectivity index (χ4n) is 0.340. The summed E-state index contributed by atoms with van der Waals surface area (Å²) in [5.74, 6) is 0. The summed E-state index contributed by atoms with van der Waals surface area (Å²) in [5, 5.41) is 0. The van der Waals surface area contributed by atoms with E-state index in [9.17, 15) is 0 Å². The third-order valence-electron chi connectivity index (χ3n) is 0.586. The van der Waals surface area contributed by atoms with E-state index < -0.39 is 0 Å². The van der Waals surface area contributed by atoms with Crippen LogP contribution in [0.25, 0.3) is 0 Å². The topological polar surface area (TPSA) is 17.1 Å². The Labute approximate surface area is 61.4 Å². The van der Waals surface area contributed by atoms with Gasteiger partial charge in [-0.25, -0.2) is 12.2 Å². The average Bonchev–Trinajstić information content (AvgIpc) is 2.23. The summed E-state index contributed by atoms with van der Waals surface area (Å²) in [4.78, 5) is 8.00. The fourth-order valence-corrected chi connectivity index (χ4v) is 0.340. The Balaban J connectivity index is 0. The Morgan fingerprint density at radius 2 is 2.12 bits per heavy atom. The van der Waals surface area contributed by atoms with E-state index in [-0.39, 0.29) is 18.6 Å². The van der Waals surface area contributed by atoms with Crippen LogP contribution in [0.5, 0.6) is 0 Å². The molecule has 0 aromatic rings. The molecule has 0 fully saturated rings. The van der Waals surface area contributed by atoms with E-state index in [0.717, 1.165) is 6.42 Å². The molecule has 0 aromatic heterocycles. The molecule has 2 heteroatoms. The van der Waals surface area contributed by atoms with Crippen molar-refractivity contribution in [1.82, 2.24) is 0 Å². The van der Waals surface area contributed by atoms with Gasteiger partial charge in [0.05, 0.1) is 0 Å². The number of rotatable bonds is 0. The van der Waals surface area contributed by atoms with E-state index >= 15 is 0 Å². The number of hydrogen-bond acceptors (Lipinski definition) is 1. The van der Waals surface area contributed by atoms with Crippen molar-refractivity contribution in [2.24, 2.45) is 0 Å². The van der Waals surface area contributed by atoms with Crippen molar-refractivity contribution >= 4 is 6.79 Å². The van der Waals surface area contributed by atoms with Gasteiger partial charge in [-0.1, -0.05) is 0 Å². The van der Waals surface area contributed by atoms with Crippen molar-refractivity contribution in [2.45, 2.75) is 6.42 Å². The van der Waals surface area contributed by atoms with Gasteiger partial charge in [0.15, 0.2) is 0 Å². The Morgan fingerprint density at radius 3 is 2.25 bits per heavy atom. The van der Waals surface area contributed by atoms with Gasteiger partial charge in [-0.15, -0.1) is 6.42 Å². The third kappa shape index (κ3) is 5.73. The van der Waals surface area contributed by atoms with Gasteiger partial charge in [-0.2, -0.15) is 6.08 Å². The van der Waals surface area contributed by atoms with E-state index in [2.05, 4.69) is 12.2 Å². The van der Waals surface area contributed by atoms with Gasteiger partial charge in [-0.3, -0.25) is 6.08 Å². The van der Waals surface area contributed by atoms with Gasteiger partial charge >= 0.3 is 0 Å². The summed E-state index contributed by atoms with van der Waals surface area (Å²) < 4.78 is 0. The zero-order chi connectivity index (χ0) is 5.54. The van der Waals surface area contributed by atoms with Crippen LogP contribution in [0.1, 0.15) is 6.42 Å². The van der Waals surface area contributed by atoms with Gasteiger partial charge in [-0.05, 0) is 0 Å². The summed E-state index contributed by atoms with van der Waals surface area (Å²) in [6, 6.07) is 0. The van der Waals surface area contributed by atoms with Crippen molar-refractivity contribution in [3.05, 3.63) is 24.3 Å². The summed E-state index contributed by atoms with van der Waals surface area (Å²) in [6.07, 6.45) is 10.0. The molecule has 8 heavy (non-hydrogen) atoms. The third-order valence-corrected chi connectivity index (χ3v) is 0.586. The molecule has 1 aliphatic carbocycles. The van der Waals surface area contributed by atoms with Crippen LogP contribution in [0, 0.1) is 6.08 Å². The average molecular weight is 146 g/mol. The van der Waals surface area contributed by atoms with E-state index in [1.165, 1.54) is 0 Å². The molecule has 0 spiro atoms. The maximum absolute atomic E-state index is 8.00. The first-order valence-electron chi connectivity index (χ1n) is 2.01. The molecule has 0 heterocycles. The molecule has 0 saturated carbocycles. The van der Waals surface area contributed by atoms with Crippen LogP contribution in [0.2, 0.25) is 0 Å². The van der Waals surface area contributed by atoms with Crippen LogP contribution in [-0.2, 0) is 23.4 Å². The molecule has 1 radical (unpaired) electrons. The van der Waals surface area contributed by atoms with Crippen molar-refractivity contribution in [1.29, 1.82) is 0 Å². The molecule has 1 nitrogen and oxygen atoms in total. The molecule has 0 atom stereocenters. The van der Waals surface area contributed by atoms with Crippen LogP contribution in [0.4, 0.5) is 0 Å². The standard InChI is InChI=1S/C5H5.CH2O.V/c1-2-4-5-3-1;1-2;/h1-3H,4H2;1H2;/q-1;;. The van der Waals surface area contributed by atoms with Crippen molar-refractivity contribution < 1.29 is 23.4 Å². The second kappa shape index (κ2) is 9.88. The second-order valence-corrected chi connectivity index (χ2v) is 1.00. The Kier molecular flexibility index (Phi) is 13.2. The number of carbonyl (C=O) groups is 1. The van der Waals surface area contributed by atoms with Crippen LogP contribution in [-0.4, -0.2) is 6.79 Å². The Bertz CT molecular complexity index is 76.5. The zero-order valence-electron chi connectivity index (χ0n) is 4.50. The van der Waals surface area contributed by atoms with Crippen molar-refractivity contribution in [3.8, 4) is 0 Å². The molecule has 0 amide bonds. The maximum Gasteiger partial charge on any atom is 0.106 e. The predicted molar refractivity (Wildman–Crippen MR) is 28.7 cm³/mol. The van der Waals surface area contributed by atoms with Gasteiger partial charge in [0, 0.05) is 18.6 Å². The minimum atomic E-state index is 0. The van der Waals surface area contributed by atoms with Crippen LogP contribution in [0.15, 0.2) is 18.2 Å². The fraction of sp³-hybridized carbons (Fsp3) is 0.167. The Hall–Kier alpha value is -0.266. The molecule has 1 aliphatic rings. The van der Waals surface area contributed by atoms with Crippen molar-refractivity contribution in [3.63, 3.8) is 0 Å². The molecule has 0 unspecified atom stereocenters. The molecule has 0 aliphatic heterocycles. The quantitative estimate of drug-likeness (QED) is 0.468. The molecular formula is C6H7OV-. The summed E-state index contributed by atoms with van der Waals surface area (Å²) in [5.41, 5.74) is 0. The monoisotopic (exact) mass is 146 g/mol. The molecule has 0 N–H and O–H groups in total. The van der Waals surface area contributed by atoms with E-state index in [1.54, 1.807) is 0 Å². The van der Waals surface area contributed by atoms with E-state index in [4.69, 9.17) is 4.79 Å². The van der Waals surface area contributed by atoms with Crippen LogP contribution >= 0.6 is 0 Å². The minimum Gasteiger partial charge on any atom is -0.307 e. The summed E-state index contributed by atoms with van der Waals surface area (Å²) in [6.45, 7) is 2.00. The van der Waals surface area contributed by atoms with Gasteiger partial charge in [0.25, 0.3) is 0 Å². The number of allylic oxidation sites excluding steroid dienone is 4. The van der Waals surface area contributed by atoms with E-state index in [1.807, 2.05) is 18.9 Å². The second-order valence-electron chi connectivity index (χ2n) is 1.00. The summed E-state index contributed by atoms with van der Waals surface area (Å²) in [7, 11) is 0. The zero-order valence-corrected chi connectivity index (χ0v) is 5.90. The predicted octanol–water partition coefficient (Wildman–Crippen LogP) is 1.12. The molecular weight excluding hydrogens is 139 g/mol. The molecule has 43 valence electrons. The molecule has 0 bridgehead atoms. The molecule has 0 aromatic carbocycles. The largest absolute Gasteiger partial charge is 0.307 e. The number of hydrogen-bond donors (Lipinski definition) is 0. The van der Waals surface area contributed by atoms with E-state index in [0.29, 0.717) is 0 Å². The summed E-state index contributed by atoms with van der Waals surface area (Å²) >= 11 is 0. The number of carbonyl (C=O) groups excluding carboxylic acids is 1. The molecule has 1 rings (SSSR count). The maximum atomic E-state index is 8.00. The molecule has 0 saturated heterocycles. The normalized spacial score (nSPS) is 11.5. The van der Waals surface area contributed by atoms with Crippen LogP contribution < -0.4 is 0 Å². The minimum absolute atomic E-state index is 0. The van der Waals surface area contributed by atoms with Gasteiger partial charge in [0.1, 0.15) is 6.79 Å². The smallest absolute Gasteiger partial charge is 0.106 e. The first-order valence-corrected chi connectivity index (χ1v) is 2.01. The van der Waals surface area contributed by atoms with Gasteiger partial charge in [0.2, 0.25) is 0 Å². The van der Waals surface area contributed by atoms with Gasteiger partial charge < -0.3 is 4.79 Å². The Morgan fingerprint density at radius 1 is 1.50 bits per heavy atom. The van der Waals surface area contributed by atoms with Crippen LogP contribution in [0.3, 0.4) is 0 Å². The first-order chi connectivity index (χ1) is 3.50. The van der Waals surface area contributed by atoms with Crippen molar-refractivity contribution in [2.75, 3.05) is 0 Å². The SMILES string of the molecule is C=O.[C-]1=CC=CC1.[V].